The maximum Gasteiger partial charge on any atom is 0.257 e. The fourth-order valence-electron chi connectivity index (χ4n) is 1.23. The van der Waals surface area contributed by atoms with Gasteiger partial charge in [0, 0.05) is 19.6 Å². The van der Waals surface area contributed by atoms with Crippen molar-refractivity contribution in [2.24, 2.45) is 5.73 Å². The number of halogens is 1. The summed E-state index contributed by atoms with van der Waals surface area (Å²) in [6.07, 6.45) is 0. The zero-order chi connectivity index (χ0) is 12.3. The summed E-state index contributed by atoms with van der Waals surface area (Å²) in [7, 11) is 1.56. The van der Waals surface area contributed by atoms with E-state index >= 15 is 0 Å². The Bertz CT molecular complexity index is 396. The van der Waals surface area contributed by atoms with E-state index in [1.165, 1.54) is 4.90 Å². The third kappa shape index (κ3) is 2.49. The highest BCUT2D eigenvalue weighted by atomic mass is 19.1. The monoisotopic (exact) mass is 226 g/mol. The van der Waals surface area contributed by atoms with Crippen LogP contribution < -0.4 is 5.73 Å². The molecule has 0 aliphatic carbocycles. The van der Waals surface area contributed by atoms with Gasteiger partial charge in [0.05, 0.1) is 5.56 Å². The molecule has 0 radical (unpaired) electrons. The molecule has 0 heterocycles. The second-order valence-electron chi connectivity index (χ2n) is 3.66. The van der Waals surface area contributed by atoms with Gasteiger partial charge in [-0.2, -0.15) is 0 Å². The predicted molar refractivity (Wildman–Crippen MR) is 58.7 cm³/mol. The normalized spacial score (nSPS) is 12.2. The van der Waals surface area contributed by atoms with Gasteiger partial charge in [0.15, 0.2) is 0 Å². The van der Waals surface area contributed by atoms with Crippen LogP contribution in [0.25, 0.3) is 0 Å². The Morgan fingerprint density at radius 3 is 2.81 bits per heavy atom. The van der Waals surface area contributed by atoms with Crippen LogP contribution in [0, 0.1) is 5.82 Å². The molecule has 88 valence electrons. The maximum absolute atomic E-state index is 12.9. The number of likely N-dealkylation sites (N-methyl/N-ethyl adjacent to an activating group) is 1. The first-order valence-electron chi connectivity index (χ1n) is 4.93. The highest BCUT2D eigenvalue weighted by Crippen LogP contribution is 2.19. The van der Waals surface area contributed by atoms with Crippen molar-refractivity contribution in [3.63, 3.8) is 0 Å². The average Bonchev–Trinajstić information content (AvgIpc) is 2.29. The first-order chi connectivity index (χ1) is 7.47. The molecule has 5 heteroatoms. The van der Waals surface area contributed by atoms with Crippen LogP contribution >= 0.6 is 0 Å². The van der Waals surface area contributed by atoms with Crippen molar-refractivity contribution in [1.82, 2.24) is 4.90 Å². The first kappa shape index (κ1) is 12.4. The SMILES string of the molecule is CC(CN)N(C)C(=O)c1cc(F)ccc1O. The molecule has 1 unspecified atom stereocenters. The molecule has 1 atom stereocenters. The summed E-state index contributed by atoms with van der Waals surface area (Å²) in [5.41, 5.74) is 5.37. The number of benzene rings is 1. The Labute approximate surface area is 93.5 Å². The van der Waals surface area contributed by atoms with Gasteiger partial charge in [-0.05, 0) is 25.1 Å². The van der Waals surface area contributed by atoms with Crippen LogP contribution in [0.2, 0.25) is 0 Å². The number of rotatable bonds is 3. The lowest BCUT2D eigenvalue weighted by atomic mass is 10.1. The maximum atomic E-state index is 12.9. The largest absolute Gasteiger partial charge is 0.507 e. The number of hydrogen-bond donors (Lipinski definition) is 2. The standard InChI is InChI=1S/C11H15FN2O2/c1-7(6-13)14(2)11(16)9-5-8(12)3-4-10(9)15/h3-5,7,15H,6,13H2,1-2H3. The van der Waals surface area contributed by atoms with Crippen molar-refractivity contribution in [1.29, 1.82) is 0 Å². The lowest BCUT2D eigenvalue weighted by Gasteiger charge is -2.23. The van der Waals surface area contributed by atoms with E-state index in [1.807, 2.05) is 0 Å². The quantitative estimate of drug-likeness (QED) is 0.806. The van der Waals surface area contributed by atoms with E-state index in [1.54, 1.807) is 14.0 Å². The lowest BCUT2D eigenvalue weighted by molar-refractivity contribution is 0.0745. The number of carbonyl (C=O) groups excluding carboxylic acids is 1. The topological polar surface area (TPSA) is 66.6 Å². The molecule has 1 rings (SSSR count). The molecule has 0 spiro atoms. The van der Waals surface area contributed by atoms with E-state index in [9.17, 15) is 14.3 Å². The summed E-state index contributed by atoms with van der Waals surface area (Å²) in [6, 6.07) is 3.09. The molecule has 0 saturated heterocycles. The molecule has 0 aliphatic rings. The first-order valence-corrected chi connectivity index (χ1v) is 4.93. The Morgan fingerprint density at radius 2 is 2.25 bits per heavy atom. The molecular formula is C11H15FN2O2. The van der Waals surface area contributed by atoms with Crippen LogP contribution in [0.5, 0.6) is 5.75 Å². The summed E-state index contributed by atoms with van der Waals surface area (Å²) in [5.74, 6) is -1.24. The van der Waals surface area contributed by atoms with Gasteiger partial charge in [-0.15, -0.1) is 0 Å². The predicted octanol–water partition coefficient (Wildman–Crippen LogP) is 0.951. The molecule has 0 saturated carbocycles. The minimum atomic E-state index is -0.560. The minimum absolute atomic E-state index is 0.0530. The van der Waals surface area contributed by atoms with Crippen LogP contribution in [0.4, 0.5) is 4.39 Å². The van der Waals surface area contributed by atoms with Gasteiger partial charge in [0.25, 0.3) is 5.91 Å². The number of carbonyl (C=O) groups is 1. The third-order valence-corrected chi connectivity index (χ3v) is 2.51. The Kier molecular flexibility index (Phi) is 3.84. The number of phenolic OH excluding ortho intramolecular Hbond substituents is 1. The van der Waals surface area contributed by atoms with Gasteiger partial charge >= 0.3 is 0 Å². The fraction of sp³-hybridized carbons (Fsp3) is 0.364. The molecule has 16 heavy (non-hydrogen) atoms. The van der Waals surface area contributed by atoms with Crippen molar-refractivity contribution in [3.05, 3.63) is 29.6 Å². The number of phenols is 1. The van der Waals surface area contributed by atoms with E-state index in [0.717, 1.165) is 18.2 Å². The second kappa shape index (κ2) is 4.94. The summed E-state index contributed by atoms with van der Waals surface area (Å²) >= 11 is 0. The van der Waals surface area contributed by atoms with Crippen molar-refractivity contribution in [2.45, 2.75) is 13.0 Å². The number of hydrogen-bond acceptors (Lipinski definition) is 3. The van der Waals surface area contributed by atoms with Gasteiger partial charge in [0.2, 0.25) is 0 Å². The van der Waals surface area contributed by atoms with Crippen LogP contribution in [0.3, 0.4) is 0 Å². The molecule has 0 bridgehead atoms. The highest BCUT2D eigenvalue weighted by molar-refractivity contribution is 5.96. The molecular weight excluding hydrogens is 211 g/mol. The summed E-state index contributed by atoms with van der Waals surface area (Å²) < 4.78 is 12.9. The number of nitrogens with two attached hydrogens (primary N) is 1. The molecule has 3 N–H and O–H groups in total. The highest BCUT2D eigenvalue weighted by Gasteiger charge is 2.19. The van der Waals surface area contributed by atoms with E-state index < -0.39 is 11.7 Å². The molecule has 1 aromatic carbocycles. The molecule has 0 fully saturated rings. The Balaban J connectivity index is 3.00. The fourth-order valence-corrected chi connectivity index (χ4v) is 1.23. The smallest absolute Gasteiger partial charge is 0.257 e. The van der Waals surface area contributed by atoms with Crippen LogP contribution in [-0.2, 0) is 0 Å². The van der Waals surface area contributed by atoms with E-state index in [4.69, 9.17) is 5.73 Å². The van der Waals surface area contributed by atoms with Gasteiger partial charge in [-0.1, -0.05) is 0 Å². The number of nitrogens with zero attached hydrogens (tertiary/aromatic N) is 1. The van der Waals surface area contributed by atoms with Crippen LogP contribution in [0.15, 0.2) is 18.2 Å². The van der Waals surface area contributed by atoms with Crippen molar-refractivity contribution in [3.8, 4) is 5.75 Å². The summed E-state index contributed by atoms with van der Waals surface area (Å²) in [6.45, 7) is 2.08. The van der Waals surface area contributed by atoms with Gasteiger partial charge in [-0.25, -0.2) is 4.39 Å². The zero-order valence-electron chi connectivity index (χ0n) is 9.27. The van der Waals surface area contributed by atoms with Crippen molar-refractivity contribution in [2.75, 3.05) is 13.6 Å². The average molecular weight is 226 g/mol. The van der Waals surface area contributed by atoms with Crippen LogP contribution in [0.1, 0.15) is 17.3 Å². The van der Waals surface area contributed by atoms with Crippen molar-refractivity contribution >= 4 is 5.91 Å². The zero-order valence-corrected chi connectivity index (χ0v) is 9.27. The van der Waals surface area contributed by atoms with Crippen LogP contribution in [-0.4, -0.2) is 35.5 Å². The molecule has 0 aromatic heterocycles. The number of aromatic hydroxyl groups is 1. The van der Waals surface area contributed by atoms with E-state index in [2.05, 4.69) is 0 Å². The van der Waals surface area contributed by atoms with Crippen molar-refractivity contribution < 1.29 is 14.3 Å². The molecule has 4 nitrogen and oxygen atoms in total. The summed E-state index contributed by atoms with van der Waals surface area (Å²) in [4.78, 5) is 13.2. The number of amides is 1. The molecule has 0 aliphatic heterocycles. The van der Waals surface area contributed by atoms with Gasteiger partial charge in [-0.3, -0.25) is 4.79 Å². The summed E-state index contributed by atoms with van der Waals surface area (Å²) in [5, 5.41) is 9.46. The van der Waals surface area contributed by atoms with Gasteiger partial charge in [0.1, 0.15) is 11.6 Å². The second-order valence-corrected chi connectivity index (χ2v) is 3.66. The Hall–Kier alpha value is -1.62. The molecule has 1 aromatic rings. The Morgan fingerprint density at radius 1 is 1.62 bits per heavy atom. The minimum Gasteiger partial charge on any atom is -0.507 e. The molecule has 1 amide bonds. The van der Waals surface area contributed by atoms with E-state index in [-0.39, 0.29) is 17.4 Å². The third-order valence-electron chi connectivity index (χ3n) is 2.51. The van der Waals surface area contributed by atoms with Gasteiger partial charge < -0.3 is 15.7 Å². The van der Waals surface area contributed by atoms with E-state index in [0.29, 0.717) is 6.54 Å². The lowest BCUT2D eigenvalue weighted by Crippen LogP contribution is -2.39.